The lowest BCUT2D eigenvalue weighted by molar-refractivity contribution is 0.0929. The third-order valence-electron chi connectivity index (χ3n) is 3.60. The first-order valence-corrected chi connectivity index (χ1v) is 5.71. The molecule has 1 N–H and O–H groups in total. The van der Waals surface area contributed by atoms with E-state index in [0.717, 1.165) is 12.5 Å². The van der Waals surface area contributed by atoms with E-state index in [2.05, 4.69) is 4.90 Å². The van der Waals surface area contributed by atoms with Crippen molar-refractivity contribution >= 4 is 0 Å². The van der Waals surface area contributed by atoms with E-state index in [1.807, 2.05) is 0 Å². The molecule has 1 saturated carbocycles. The van der Waals surface area contributed by atoms with Crippen molar-refractivity contribution in [1.82, 2.24) is 4.90 Å². The minimum atomic E-state index is 0.390. The Morgan fingerprint density at radius 2 is 1.85 bits per heavy atom. The summed E-state index contributed by atoms with van der Waals surface area (Å²) < 4.78 is 0. The Morgan fingerprint density at radius 3 is 2.46 bits per heavy atom. The van der Waals surface area contributed by atoms with Crippen LogP contribution in [0.2, 0.25) is 0 Å². The first kappa shape index (κ1) is 9.47. The first-order valence-electron chi connectivity index (χ1n) is 5.71. The largest absolute Gasteiger partial charge is 0.396 e. The maximum Gasteiger partial charge on any atom is 0.0471 e. The van der Waals surface area contributed by atoms with Crippen molar-refractivity contribution < 1.29 is 5.11 Å². The number of likely N-dealkylation sites (tertiary alicyclic amines) is 1. The number of aliphatic hydroxyl groups is 1. The van der Waals surface area contributed by atoms with Gasteiger partial charge >= 0.3 is 0 Å². The number of hydrogen-bond acceptors (Lipinski definition) is 2. The lowest BCUT2D eigenvalue weighted by atomic mass is 9.84. The smallest absolute Gasteiger partial charge is 0.0471 e. The molecule has 76 valence electrons. The van der Waals surface area contributed by atoms with Crippen LogP contribution in [0.3, 0.4) is 0 Å². The van der Waals surface area contributed by atoms with E-state index < -0.39 is 0 Å². The van der Waals surface area contributed by atoms with Crippen LogP contribution in [-0.2, 0) is 0 Å². The molecule has 2 rings (SSSR count). The first-order chi connectivity index (χ1) is 6.38. The molecule has 0 bridgehead atoms. The molecule has 1 aliphatic heterocycles. The summed E-state index contributed by atoms with van der Waals surface area (Å²) in [5.41, 5.74) is 0. The van der Waals surface area contributed by atoms with Crippen molar-refractivity contribution in [2.45, 2.75) is 32.1 Å². The average molecular weight is 183 g/mol. The Balaban J connectivity index is 1.71. The average Bonchev–Trinajstić information content (AvgIpc) is 2.12. The van der Waals surface area contributed by atoms with Crippen LogP contribution in [0.5, 0.6) is 0 Å². The Kier molecular flexibility index (Phi) is 3.23. The maximum atomic E-state index is 9.09. The third kappa shape index (κ3) is 2.44. The molecule has 2 fully saturated rings. The van der Waals surface area contributed by atoms with E-state index >= 15 is 0 Å². The fourth-order valence-electron chi connectivity index (χ4n) is 2.51. The van der Waals surface area contributed by atoms with Gasteiger partial charge in [-0.2, -0.15) is 0 Å². The van der Waals surface area contributed by atoms with Gasteiger partial charge in [0.1, 0.15) is 0 Å². The lowest BCUT2D eigenvalue weighted by Gasteiger charge is -2.37. The van der Waals surface area contributed by atoms with Gasteiger partial charge in [0.25, 0.3) is 0 Å². The number of nitrogens with zero attached hydrogens (tertiary/aromatic N) is 1. The lowest BCUT2D eigenvalue weighted by Crippen LogP contribution is -2.40. The molecule has 0 aromatic heterocycles. The Bertz CT molecular complexity index is 154. The summed E-state index contributed by atoms with van der Waals surface area (Å²) in [5.74, 6) is 1.55. The Morgan fingerprint density at radius 1 is 1.08 bits per heavy atom. The van der Waals surface area contributed by atoms with Crippen LogP contribution in [0.4, 0.5) is 0 Å². The van der Waals surface area contributed by atoms with Crippen LogP contribution in [0.1, 0.15) is 32.1 Å². The standard InChI is InChI=1S/C11H21NO/c13-9-11-5-2-6-12(8-11)7-10-3-1-4-10/h10-11,13H,1-9H2. The van der Waals surface area contributed by atoms with Gasteiger partial charge in [-0.3, -0.25) is 0 Å². The Hall–Kier alpha value is -0.0800. The summed E-state index contributed by atoms with van der Waals surface area (Å²) in [6, 6.07) is 0. The number of hydrogen-bond donors (Lipinski definition) is 1. The van der Waals surface area contributed by atoms with E-state index in [-0.39, 0.29) is 0 Å². The van der Waals surface area contributed by atoms with Crippen LogP contribution in [0.15, 0.2) is 0 Å². The Labute approximate surface area is 80.9 Å². The van der Waals surface area contributed by atoms with E-state index in [4.69, 9.17) is 5.11 Å². The summed E-state index contributed by atoms with van der Waals surface area (Å²) in [4.78, 5) is 2.56. The summed E-state index contributed by atoms with van der Waals surface area (Å²) in [6.07, 6.45) is 6.86. The van der Waals surface area contributed by atoms with Gasteiger partial charge in [0, 0.05) is 19.7 Å². The van der Waals surface area contributed by atoms with Crippen molar-refractivity contribution in [1.29, 1.82) is 0 Å². The molecule has 0 aromatic rings. The van der Waals surface area contributed by atoms with Gasteiger partial charge in [-0.1, -0.05) is 6.42 Å². The van der Waals surface area contributed by atoms with E-state index in [1.165, 1.54) is 45.2 Å². The molecule has 0 radical (unpaired) electrons. The topological polar surface area (TPSA) is 23.5 Å². The van der Waals surface area contributed by atoms with Gasteiger partial charge in [0.2, 0.25) is 0 Å². The van der Waals surface area contributed by atoms with E-state index in [1.54, 1.807) is 0 Å². The second-order valence-electron chi connectivity index (χ2n) is 4.75. The van der Waals surface area contributed by atoms with Crippen molar-refractivity contribution in [2.24, 2.45) is 11.8 Å². The molecule has 2 nitrogen and oxygen atoms in total. The van der Waals surface area contributed by atoms with E-state index in [0.29, 0.717) is 12.5 Å². The molecule has 2 aliphatic rings. The molecule has 0 aromatic carbocycles. The van der Waals surface area contributed by atoms with Crippen LogP contribution in [-0.4, -0.2) is 36.2 Å². The fraction of sp³-hybridized carbons (Fsp3) is 1.00. The van der Waals surface area contributed by atoms with Gasteiger partial charge in [0.05, 0.1) is 0 Å². The van der Waals surface area contributed by atoms with Gasteiger partial charge in [0.15, 0.2) is 0 Å². The van der Waals surface area contributed by atoms with Gasteiger partial charge in [-0.05, 0) is 44.1 Å². The summed E-state index contributed by atoms with van der Waals surface area (Å²) in [6.45, 7) is 4.11. The second kappa shape index (κ2) is 4.43. The minimum Gasteiger partial charge on any atom is -0.396 e. The van der Waals surface area contributed by atoms with Crippen LogP contribution in [0, 0.1) is 11.8 Å². The molecular weight excluding hydrogens is 162 g/mol. The summed E-state index contributed by atoms with van der Waals surface area (Å²) in [5, 5.41) is 9.09. The quantitative estimate of drug-likeness (QED) is 0.716. The van der Waals surface area contributed by atoms with Crippen molar-refractivity contribution in [3.8, 4) is 0 Å². The number of aliphatic hydroxyl groups excluding tert-OH is 1. The minimum absolute atomic E-state index is 0.390. The molecule has 13 heavy (non-hydrogen) atoms. The SMILES string of the molecule is OCC1CCCN(CC2CCC2)C1. The zero-order valence-corrected chi connectivity index (χ0v) is 8.41. The van der Waals surface area contributed by atoms with Gasteiger partial charge < -0.3 is 10.0 Å². The summed E-state index contributed by atoms with van der Waals surface area (Å²) in [7, 11) is 0. The van der Waals surface area contributed by atoms with Crippen molar-refractivity contribution in [2.75, 3.05) is 26.2 Å². The highest BCUT2D eigenvalue weighted by Gasteiger charge is 2.24. The molecule has 1 unspecified atom stereocenters. The predicted molar refractivity (Wildman–Crippen MR) is 53.6 cm³/mol. The fourth-order valence-corrected chi connectivity index (χ4v) is 2.51. The highest BCUT2D eigenvalue weighted by atomic mass is 16.3. The molecule has 1 atom stereocenters. The zero-order valence-electron chi connectivity index (χ0n) is 8.41. The monoisotopic (exact) mass is 183 g/mol. The number of piperidine rings is 1. The van der Waals surface area contributed by atoms with Gasteiger partial charge in [-0.25, -0.2) is 0 Å². The number of rotatable bonds is 3. The van der Waals surface area contributed by atoms with Crippen LogP contribution >= 0.6 is 0 Å². The van der Waals surface area contributed by atoms with E-state index in [9.17, 15) is 0 Å². The maximum absolute atomic E-state index is 9.09. The molecule has 2 heteroatoms. The van der Waals surface area contributed by atoms with Crippen molar-refractivity contribution in [3.05, 3.63) is 0 Å². The van der Waals surface area contributed by atoms with Gasteiger partial charge in [-0.15, -0.1) is 0 Å². The molecule has 0 amide bonds. The molecule has 1 saturated heterocycles. The zero-order chi connectivity index (χ0) is 9.10. The molecule has 0 spiro atoms. The highest BCUT2D eigenvalue weighted by molar-refractivity contribution is 4.78. The predicted octanol–water partition coefficient (Wildman–Crippen LogP) is 1.49. The second-order valence-corrected chi connectivity index (χ2v) is 4.75. The van der Waals surface area contributed by atoms with Crippen LogP contribution < -0.4 is 0 Å². The summed E-state index contributed by atoms with van der Waals surface area (Å²) >= 11 is 0. The van der Waals surface area contributed by atoms with Crippen molar-refractivity contribution in [3.63, 3.8) is 0 Å². The molecular formula is C11H21NO. The highest BCUT2D eigenvalue weighted by Crippen LogP contribution is 2.28. The normalized spacial score (nSPS) is 31.6. The van der Waals surface area contributed by atoms with Crippen LogP contribution in [0.25, 0.3) is 0 Å². The molecule has 1 heterocycles. The third-order valence-corrected chi connectivity index (χ3v) is 3.60. The molecule has 1 aliphatic carbocycles.